The summed E-state index contributed by atoms with van der Waals surface area (Å²) in [6.07, 6.45) is 12.1. The molecular weight excluding hydrogens is 352 g/mol. The minimum absolute atomic E-state index is 0.996. The average Bonchev–Trinajstić information content (AvgIpc) is 2.72. The molecule has 1 rings (SSSR count). The molecule has 1 N–H and O–H groups in total. The van der Waals surface area contributed by atoms with E-state index < -0.39 is 0 Å². The molecule has 0 bridgehead atoms. The van der Waals surface area contributed by atoms with E-state index in [4.69, 9.17) is 0 Å². The SMILES string of the molecule is C=C(C)c1ccc(NC)c(C(=C)C(/C=C\CC)=C/C=C(\C)N(CCC)CCC)c1. The molecule has 0 heterocycles. The highest BCUT2D eigenvalue weighted by Crippen LogP contribution is 2.31. The number of rotatable bonds is 12. The number of hydrogen-bond donors (Lipinski definition) is 1. The van der Waals surface area contributed by atoms with Crippen molar-refractivity contribution in [1.29, 1.82) is 0 Å². The van der Waals surface area contributed by atoms with Gasteiger partial charge in [-0.1, -0.05) is 63.8 Å². The maximum absolute atomic E-state index is 4.45. The highest BCUT2D eigenvalue weighted by atomic mass is 15.1. The van der Waals surface area contributed by atoms with Gasteiger partial charge in [-0.2, -0.15) is 0 Å². The summed E-state index contributed by atoms with van der Waals surface area (Å²) in [6, 6.07) is 6.39. The van der Waals surface area contributed by atoms with Gasteiger partial charge in [-0.3, -0.25) is 0 Å². The molecule has 29 heavy (non-hydrogen) atoms. The lowest BCUT2D eigenvalue weighted by atomic mass is 9.93. The molecule has 0 unspecified atom stereocenters. The summed E-state index contributed by atoms with van der Waals surface area (Å²) in [5, 5.41) is 3.30. The normalized spacial score (nSPS) is 12.3. The third-order valence-electron chi connectivity index (χ3n) is 4.98. The van der Waals surface area contributed by atoms with Crippen LogP contribution in [0.5, 0.6) is 0 Å². The van der Waals surface area contributed by atoms with Gasteiger partial charge in [0.05, 0.1) is 0 Å². The summed E-state index contributed by atoms with van der Waals surface area (Å²) in [6.45, 7) is 21.6. The molecule has 0 spiro atoms. The van der Waals surface area contributed by atoms with E-state index in [0.717, 1.165) is 65.9 Å². The average molecular weight is 393 g/mol. The van der Waals surface area contributed by atoms with Crippen LogP contribution in [-0.4, -0.2) is 25.0 Å². The number of anilines is 1. The number of allylic oxidation sites excluding steroid dienone is 8. The lowest BCUT2D eigenvalue weighted by molar-refractivity contribution is 0.345. The van der Waals surface area contributed by atoms with Crippen LogP contribution in [0.15, 0.2) is 66.9 Å². The lowest BCUT2D eigenvalue weighted by Crippen LogP contribution is -2.23. The fourth-order valence-electron chi connectivity index (χ4n) is 3.25. The molecule has 0 aliphatic rings. The summed E-state index contributed by atoms with van der Waals surface area (Å²) >= 11 is 0. The van der Waals surface area contributed by atoms with E-state index in [-0.39, 0.29) is 0 Å². The minimum Gasteiger partial charge on any atom is -0.388 e. The second-order valence-electron chi connectivity index (χ2n) is 7.50. The lowest BCUT2D eigenvalue weighted by Gasteiger charge is -2.24. The van der Waals surface area contributed by atoms with Crippen LogP contribution in [0.4, 0.5) is 5.69 Å². The van der Waals surface area contributed by atoms with Gasteiger partial charge in [-0.05, 0) is 68.0 Å². The topological polar surface area (TPSA) is 15.3 Å². The summed E-state index contributed by atoms with van der Waals surface area (Å²) in [7, 11) is 1.95. The van der Waals surface area contributed by atoms with Crippen molar-refractivity contribution in [3.05, 3.63) is 78.1 Å². The largest absolute Gasteiger partial charge is 0.388 e. The fraction of sp³-hybridized carbons (Fsp3) is 0.407. The van der Waals surface area contributed by atoms with Crippen molar-refractivity contribution >= 4 is 16.8 Å². The number of hydrogen-bond acceptors (Lipinski definition) is 2. The van der Waals surface area contributed by atoms with E-state index in [1.165, 1.54) is 5.70 Å². The van der Waals surface area contributed by atoms with Crippen LogP contribution in [0.1, 0.15) is 65.0 Å². The van der Waals surface area contributed by atoms with Gasteiger partial charge in [0.1, 0.15) is 0 Å². The Morgan fingerprint density at radius 2 is 1.69 bits per heavy atom. The van der Waals surface area contributed by atoms with Gasteiger partial charge in [-0.25, -0.2) is 0 Å². The Labute approximate surface area is 179 Å². The Morgan fingerprint density at radius 1 is 1.03 bits per heavy atom. The number of nitrogens with one attached hydrogen (secondary N) is 1. The molecule has 0 aliphatic carbocycles. The number of nitrogens with zero attached hydrogens (tertiary/aromatic N) is 1. The Bertz CT molecular complexity index is 772. The van der Waals surface area contributed by atoms with E-state index in [2.05, 4.69) is 93.6 Å². The third kappa shape index (κ3) is 7.45. The minimum atomic E-state index is 0.996. The van der Waals surface area contributed by atoms with E-state index in [1.54, 1.807) is 0 Å². The van der Waals surface area contributed by atoms with Crippen LogP contribution >= 0.6 is 0 Å². The first kappa shape index (κ1) is 24.6. The predicted molar refractivity (Wildman–Crippen MR) is 133 cm³/mol. The van der Waals surface area contributed by atoms with E-state index in [0.29, 0.717) is 0 Å². The van der Waals surface area contributed by atoms with E-state index in [1.807, 2.05) is 14.0 Å². The van der Waals surface area contributed by atoms with E-state index >= 15 is 0 Å². The summed E-state index contributed by atoms with van der Waals surface area (Å²) in [5.41, 5.74) is 7.84. The van der Waals surface area contributed by atoms with Crippen molar-refractivity contribution in [2.45, 2.75) is 53.9 Å². The van der Waals surface area contributed by atoms with Gasteiger partial charge in [0.2, 0.25) is 0 Å². The molecule has 0 atom stereocenters. The summed E-state index contributed by atoms with van der Waals surface area (Å²) < 4.78 is 0. The fourth-order valence-corrected chi connectivity index (χ4v) is 3.25. The zero-order chi connectivity index (χ0) is 21.8. The van der Waals surface area contributed by atoms with Crippen molar-refractivity contribution in [3.8, 4) is 0 Å². The summed E-state index contributed by atoms with van der Waals surface area (Å²) in [5.74, 6) is 0. The second kappa shape index (κ2) is 12.9. The molecule has 0 aliphatic heterocycles. The maximum atomic E-state index is 4.45. The Hall–Kier alpha value is -2.48. The molecule has 0 fully saturated rings. The van der Waals surface area contributed by atoms with Gasteiger partial charge in [-0.15, -0.1) is 0 Å². The van der Waals surface area contributed by atoms with Crippen molar-refractivity contribution in [2.24, 2.45) is 0 Å². The standard InChI is InChI=1S/C27H40N2/c1-9-12-13-24(15-14-22(6)29(18-10-2)19-11-3)23(7)26-20-25(21(4)5)16-17-27(26)28-8/h12-17,20,28H,4,7,9-11,18-19H2,1-3,5-6,8H3/b13-12-,22-14+,24-15+. The van der Waals surface area contributed by atoms with Gasteiger partial charge in [0.25, 0.3) is 0 Å². The van der Waals surface area contributed by atoms with Crippen LogP contribution < -0.4 is 5.32 Å². The van der Waals surface area contributed by atoms with Crippen LogP contribution in [0.3, 0.4) is 0 Å². The molecular formula is C27H40N2. The molecule has 0 saturated heterocycles. The summed E-state index contributed by atoms with van der Waals surface area (Å²) in [4.78, 5) is 2.46. The van der Waals surface area contributed by atoms with Gasteiger partial charge >= 0.3 is 0 Å². The van der Waals surface area contributed by atoms with Crippen LogP contribution in [0.2, 0.25) is 0 Å². The first-order valence-electron chi connectivity index (χ1n) is 10.9. The molecule has 0 saturated carbocycles. The zero-order valence-electron chi connectivity index (χ0n) is 19.4. The first-order valence-corrected chi connectivity index (χ1v) is 10.9. The zero-order valence-corrected chi connectivity index (χ0v) is 19.4. The Kier molecular flexibility index (Phi) is 10.9. The van der Waals surface area contributed by atoms with Crippen molar-refractivity contribution < 1.29 is 0 Å². The number of benzene rings is 1. The molecule has 1 aromatic carbocycles. The molecule has 0 amide bonds. The monoisotopic (exact) mass is 392 g/mol. The molecule has 0 radical (unpaired) electrons. The quantitative estimate of drug-likeness (QED) is 0.367. The van der Waals surface area contributed by atoms with Crippen molar-refractivity contribution in [3.63, 3.8) is 0 Å². The first-order chi connectivity index (χ1) is 13.9. The second-order valence-corrected chi connectivity index (χ2v) is 7.50. The van der Waals surface area contributed by atoms with Crippen molar-refractivity contribution in [1.82, 2.24) is 4.90 Å². The van der Waals surface area contributed by atoms with Crippen molar-refractivity contribution in [2.75, 3.05) is 25.5 Å². The molecule has 2 heteroatoms. The highest BCUT2D eigenvalue weighted by molar-refractivity contribution is 5.88. The third-order valence-corrected chi connectivity index (χ3v) is 4.98. The van der Waals surface area contributed by atoms with Gasteiger partial charge < -0.3 is 10.2 Å². The Balaban J connectivity index is 3.37. The van der Waals surface area contributed by atoms with Gasteiger partial charge in [0.15, 0.2) is 0 Å². The smallest absolute Gasteiger partial charge is 0.0417 e. The molecule has 1 aromatic rings. The molecule has 0 aromatic heterocycles. The van der Waals surface area contributed by atoms with Crippen LogP contribution in [-0.2, 0) is 0 Å². The maximum Gasteiger partial charge on any atom is 0.0417 e. The predicted octanol–water partition coefficient (Wildman–Crippen LogP) is 7.69. The molecule has 2 nitrogen and oxygen atoms in total. The Morgan fingerprint density at radius 3 is 2.21 bits per heavy atom. The van der Waals surface area contributed by atoms with Crippen LogP contribution in [0.25, 0.3) is 11.1 Å². The van der Waals surface area contributed by atoms with E-state index in [9.17, 15) is 0 Å². The molecule has 158 valence electrons. The van der Waals surface area contributed by atoms with Crippen LogP contribution in [0, 0.1) is 0 Å². The van der Waals surface area contributed by atoms with Gasteiger partial charge in [0, 0.05) is 37.1 Å². The highest BCUT2D eigenvalue weighted by Gasteiger charge is 2.10.